The number of carboxylic acid groups (broad SMARTS) is 1. The summed E-state index contributed by atoms with van der Waals surface area (Å²) >= 11 is 0. The molecule has 0 atom stereocenters. The SMILES string of the molecule is C=C(COCP(=O)(OCC)OCC)C(=O)O. The van der Waals surface area contributed by atoms with Gasteiger partial charge in [-0.05, 0) is 13.8 Å². The highest BCUT2D eigenvalue weighted by atomic mass is 31.2. The second-order valence-electron chi connectivity index (χ2n) is 2.83. The van der Waals surface area contributed by atoms with E-state index in [1.165, 1.54) is 0 Å². The summed E-state index contributed by atoms with van der Waals surface area (Å²) < 4.78 is 26.6. The number of aliphatic carboxylic acids is 1. The van der Waals surface area contributed by atoms with E-state index >= 15 is 0 Å². The number of carboxylic acids is 1. The summed E-state index contributed by atoms with van der Waals surface area (Å²) in [7, 11) is -3.26. The highest BCUT2D eigenvalue weighted by molar-refractivity contribution is 7.53. The van der Waals surface area contributed by atoms with E-state index < -0.39 is 13.6 Å². The molecule has 0 saturated heterocycles. The molecule has 94 valence electrons. The molecular formula is C9H17O6P. The van der Waals surface area contributed by atoms with Crippen molar-refractivity contribution in [1.29, 1.82) is 0 Å². The van der Waals surface area contributed by atoms with E-state index in [0.717, 1.165) is 0 Å². The van der Waals surface area contributed by atoms with Crippen LogP contribution in [0.2, 0.25) is 0 Å². The van der Waals surface area contributed by atoms with Gasteiger partial charge in [0.2, 0.25) is 0 Å². The number of rotatable bonds is 9. The molecule has 0 rings (SSSR count). The van der Waals surface area contributed by atoms with Crippen LogP contribution in [-0.4, -0.2) is 37.2 Å². The molecule has 0 fully saturated rings. The van der Waals surface area contributed by atoms with Crippen molar-refractivity contribution in [3.63, 3.8) is 0 Å². The molecule has 0 aliphatic carbocycles. The number of hydrogen-bond donors (Lipinski definition) is 1. The van der Waals surface area contributed by atoms with E-state index in [1.807, 2.05) is 0 Å². The zero-order valence-electron chi connectivity index (χ0n) is 9.47. The summed E-state index contributed by atoms with van der Waals surface area (Å²) in [4.78, 5) is 10.4. The van der Waals surface area contributed by atoms with Gasteiger partial charge in [-0.15, -0.1) is 0 Å². The lowest BCUT2D eigenvalue weighted by atomic mass is 10.3. The number of ether oxygens (including phenoxy) is 1. The van der Waals surface area contributed by atoms with Crippen molar-refractivity contribution in [3.05, 3.63) is 12.2 Å². The van der Waals surface area contributed by atoms with Crippen LogP contribution in [0.15, 0.2) is 12.2 Å². The predicted molar refractivity (Wildman–Crippen MR) is 58.5 cm³/mol. The predicted octanol–water partition coefficient (Wildman–Crippen LogP) is 1.87. The minimum atomic E-state index is -3.26. The second kappa shape index (κ2) is 7.57. The van der Waals surface area contributed by atoms with Crippen LogP contribution in [0, 0.1) is 0 Å². The van der Waals surface area contributed by atoms with Gasteiger partial charge in [-0.3, -0.25) is 4.57 Å². The van der Waals surface area contributed by atoms with Crippen molar-refractivity contribution in [2.75, 3.05) is 26.2 Å². The first-order chi connectivity index (χ1) is 7.45. The highest BCUT2D eigenvalue weighted by Crippen LogP contribution is 2.47. The molecule has 0 bridgehead atoms. The van der Waals surface area contributed by atoms with E-state index in [-0.39, 0.29) is 31.7 Å². The summed E-state index contributed by atoms with van der Waals surface area (Å²) in [5, 5.41) is 8.51. The Labute approximate surface area is 94.7 Å². The van der Waals surface area contributed by atoms with Gasteiger partial charge in [0.25, 0.3) is 0 Å². The third kappa shape index (κ3) is 6.02. The van der Waals surface area contributed by atoms with Gasteiger partial charge in [-0.2, -0.15) is 0 Å². The van der Waals surface area contributed by atoms with Crippen molar-refractivity contribution >= 4 is 13.6 Å². The summed E-state index contributed by atoms with van der Waals surface area (Å²) in [5.74, 6) is -1.15. The van der Waals surface area contributed by atoms with E-state index in [0.29, 0.717) is 0 Å². The topological polar surface area (TPSA) is 82.1 Å². The Bertz CT molecular complexity index is 278. The monoisotopic (exact) mass is 252 g/mol. The second-order valence-corrected chi connectivity index (χ2v) is 4.83. The fourth-order valence-corrected chi connectivity index (χ4v) is 2.17. The average Bonchev–Trinajstić information content (AvgIpc) is 2.17. The molecule has 0 aromatic rings. The zero-order chi connectivity index (χ0) is 12.6. The third-order valence-corrected chi connectivity index (χ3v) is 3.28. The van der Waals surface area contributed by atoms with Gasteiger partial charge < -0.3 is 18.9 Å². The highest BCUT2D eigenvalue weighted by Gasteiger charge is 2.24. The van der Waals surface area contributed by atoms with Gasteiger partial charge in [0, 0.05) is 0 Å². The molecule has 6 nitrogen and oxygen atoms in total. The molecule has 0 aliphatic heterocycles. The smallest absolute Gasteiger partial charge is 0.356 e. The van der Waals surface area contributed by atoms with Crippen LogP contribution in [0.5, 0.6) is 0 Å². The Balaban J connectivity index is 4.08. The van der Waals surface area contributed by atoms with Crippen LogP contribution in [0.3, 0.4) is 0 Å². The van der Waals surface area contributed by atoms with Gasteiger partial charge in [0.15, 0.2) is 0 Å². The Morgan fingerprint density at radius 3 is 2.19 bits per heavy atom. The molecule has 0 heterocycles. The third-order valence-electron chi connectivity index (χ3n) is 1.48. The standard InChI is InChI=1S/C9H17O6P/c1-4-14-16(12,15-5-2)7-13-6-8(3)9(10)11/h3-7H2,1-2H3,(H,10,11). The van der Waals surface area contributed by atoms with Crippen LogP contribution in [0.4, 0.5) is 0 Å². The molecule has 0 aromatic heterocycles. The molecule has 0 saturated carbocycles. The first-order valence-corrected chi connectivity index (χ1v) is 6.55. The van der Waals surface area contributed by atoms with Crippen molar-refractivity contribution in [3.8, 4) is 0 Å². The van der Waals surface area contributed by atoms with Crippen LogP contribution in [0.25, 0.3) is 0 Å². The Morgan fingerprint density at radius 2 is 1.81 bits per heavy atom. The maximum Gasteiger partial charge on any atom is 0.356 e. The summed E-state index contributed by atoms with van der Waals surface area (Å²) in [6.07, 6.45) is -0.277. The lowest BCUT2D eigenvalue weighted by molar-refractivity contribution is -0.133. The van der Waals surface area contributed by atoms with Crippen molar-refractivity contribution in [2.45, 2.75) is 13.8 Å². The van der Waals surface area contributed by atoms with E-state index in [2.05, 4.69) is 6.58 Å². The molecule has 0 unspecified atom stereocenters. The fourth-order valence-electron chi connectivity index (χ4n) is 0.848. The van der Waals surface area contributed by atoms with Crippen LogP contribution in [0.1, 0.15) is 13.8 Å². The zero-order valence-corrected chi connectivity index (χ0v) is 10.4. The maximum atomic E-state index is 11.8. The van der Waals surface area contributed by atoms with Crippen LogP contribution >= 0.6 is 7.60 Å². The molecule has 0 aromatic carbocycles. The molecule has 0 amide bonds. The van der Waals surface area contributed by atoms with Crippen molar-refractivity contribution < 1.29 is 28.3 Å². The van der Waals surface area contributed by atoms with Gasteiger partial charge in [-0.1, -0.05) is 6.58 Å². The Kier molecular flexibility index (Phi) is 7.25. The van der Waals surface area contributed by atoms with Gasteiger partial charge >= 0.3 is 13.6 Å². The lowest BCUT2D eigenvalue weighted by Gasteiger charge is -2.16. The largest absolute Gasteiger partial charge is 0.478 e. The number of hydrogen-bond acceptors (Lipinski definition) is 5. The van der Waals surface area contributed by atoms with Crippen LogP contribution in [-0.2, 0) is 23.1 Å². The normalized spacial score (nSPS) is 11.4. The molecule has 1 N–H and O–H groups in total. The fraction of sp³-hybridized carbons (Fsp3) is 0.667. The van der Waals surface area contributed by atoms with Crippen LogP contribution < -0.4 is 0 Å². The summed E-state index contributed by atoms with van der Waals surface area (Å²) in [6, 6.07) is 0. The quantitative estimate of drug-likeness (QED) is 0.498. The summed E-state index contributed by atoms with van der Waals surface area (Å²) in [5.41, 5.74) is -0.112. The van der Waals surface area contributed by atoms with E-state index in [1.54, 1.807) is 13.8 Å². The first kappa shape index (κ1) is 15.3. The number of carbonyl (C=O) groups is 1. The maximum absolute atomic E-state index is 11.8. The van der Waals surface area contributed by atoms with Crippen molar-refractivity contribution in [2.24, 2.45) is 0 Å². The van der Waals surface area contributed by atoms with Gasteiger partial charge in [-0.25, -0.2) is 4.79 Å². The summed E-state index contributed by atoms with van der Waals surface area (Å²) in [6.45, 7) is 6.90. The van der Waals surface area contributed by atoms with E-state index in [4.69, 9.17) is 18.9 Å². The molecule has 16 heavy (non-hydrogen) atoms. The minimum Gasteiger partial charge on any atom is -0.478 e. The molecule has 0 aliphatic rings. The minimum absolute atomic E-state index is 0.112. The molecule has 7 heteroatoms. The Morgan fingerprint density at radius 1 is 1.31 bits per heavy atom. The molecular weight excluding hydrogens is 235 g/mol. The first-order valence-electron chi connectivity index (χ1n) is 4.82. The van der Waals surface area contributed by atoms with Gasteiger partial charge in [0.1, 0.15) is 6.35 Å². The lowest BCUT2D eigenvalue weighted by Crippen LogP contribution is -2.09. The average molecular weight is 252 g/mol. The Hall–Kier alpha value is -0.680. The van der Waals surface area contributed by atoms with Crippen molar-refractivity contribution in [1.82, 2.24) is 0 Å². The van der Waals surface area contributed by atoms with E-state index in [9.17, 15) is 9.36 Å². The van der Waals surface area contributed by atoms with Gasteiger partial charge in [0.05, 0.1) is 25.4 Å². The molecule has 0 spiro atoms. The molecule has 0 radical (unpaired) electrons.